The number of ether oxygens (including phenoxy) is 1. The molecule has 0 fully saturated rings. The van der Waals surface area contributed by atoms with Crippen LogP contribution in [0, 0.1) is 0 Å². The van der Waals surface area contributed by atoms with Gasteiger partial charge in [0.15, 0.2) is 0 Å². The van der Waals surface area contributed by atoms with Crippen molar-refractivity contribution >= 4 is 0 Å². The van der Waals surface area contributed by atoms with Gasteiger partial charge >= 0.3 is 0 Å². The highest BCUT2D eigenvalue weighted by Gasteiger charge is 2.25. The maximum absolute atomic E-state index is 5.65. The van der Waals surface area contributed by atoms with Crippen LogP contribution in [0.5, 0.6) is 5.75 Å². The Balaban J connectivity index is 1.98. The standard InChI is InChI=1S/C13H17NO/c14-5-3-9-1-2-10-7-11-4-6-15-13(11)8-12(9)10/h7-9H,1-6,14H2/t9-/m0/s1. The summed E-state index contributed by atoms with van der Waals surface area (Å²) in [6.07, 6.45) is 4.71. The molecule has 0 bridgehead atoms. The van der Waals surface area contributed by atoms with Crippen LogP contribution in [0.15, 0.2) is 12.1 Å². The number of nitrogens with two attached hydrogens (primary N) is 1. The predicted molar refractivity (Wildman–Crippen MR) is 60.4 cm³/mol. The van der Waals surface area contributed by atoms with Crippen molar-refractivity contribution in [3.8, 4) is 5.75 Å². The molecular weight excluding hydrogens is 186 g/mol. The van der Waals surface area contributed by atoms with Crippen LogP contribution in [0.3, 0.4) is 0 Å². The molecule has 1 aromatic carbocycles. The summed E-state index contributed by atoms with van der Waals surface area (Å²) >= 11 is 0. The zero-order valence-corrected chi connectivity index (χ0v) is 8.96. The summed E-state index contributed by atoms with van der Waals surface area (Å²) in [6, 6.07) is 4.62. The molecule has 80 valence electrons. The van der Waals surface area contributed by atoms with E-state index in [9.17, 15) is 0 Å². The molecule has 1 aliphatic carbocycles. The summed E-state index contributed by atoms with van der Waals surface area (Å²) < 4.78 is 5.62. The van der Waals surface area contributed by atoms with Gasteiger partial charge in [-0.15, -0.1) is 0 Å². The lowest BCUT2D eigenvalue weighted by atomic mass is 9.96. The third kappa shape index (κ3) is 1.44. The van der Waals surface area contributed by atoms with Crippen LogP contribution in [0.4, 0.5) is 0 Å². The maximum atomic E-state index is 5.65. The third-order valence-electron chi connectivity index (χ3n) is 3.67. The molecule has 2 heteroatoms. The number of rotatable bonds is 2. The summed E-state index contributed by atoms with van der Waals surface area (Å²) in [5.74, 6) is 1.80. The minimum atomic E-state index is 0.680. The van der Waals surface area contributed by atoms with E-state index in [2.05, 4.69) is 12.1 Å². The van der Waals surface area contributed by atoms with Crippen LogP contribution in [0.1, 0.15) is 35.4 Å². The summed E-state index contributed by atoms with van der Waals surface area (Å²) in [7, 11) is 0. The molecule has 1 heterocycles. The van der Waals surface area contributed by atoms with E-state index in [-0.39, 0.29) is 0 Å². The van der Waals surface area contributed by atoms with E-state index >= 15 is 0 Å². The van der Waals surface area contributed by atoms with Gasteiger partial charge in [0, 0.05) is 6.42 Å². The second-order valence-corrected chi connectivity index (χ2v) is 4.57. The third-order valence-corrected chi connectivity index (χ3v) is 3.67. The van der Waals surface area contributed by atoms with E-state index in [0.29, 0.717) is 5.92 Å². The molecule has 0 spiro atoms. The fourth-order valence-electron chi connectivity index (χ4n) is 2.87. The summed E-state index contributed by atoms with van der Waals surface area (Å²) in [5, 5.41) is 0. The first kappa shape index (κ1) is 9.22. The fourth-order valence-corrected chi connectivity index (χ4v) is 2.87. The van der Waals surface area contributed by atoms with Crippen molar-refractivity contribution in [2.75, 3.05) is 13.2 Å². The average Bonchev–Trinajstić information content (AvgIpc) is 2.82. The van der Waals surface area contributed by atoms with Crippen molar-refractivity contribution in [1.82, 2.24) is 0 Å². The Kier molecular flexibility index (Phi) is 2.17. The van der Waals surface area contributed by atoms with Gasteiger partial charge in [0.05, 0.1) is 6.61 Å². The van der Waals surface area contributed by atoms with Gasteiger partial charge in [-0.3, -0.25) is 0 Å². The Morgan fingerprint density at radius 2 is 2.20 bits per heavy atom. The predicted octanol–water partition coefficient (Wildman–Crippen LogP) is 2.00. The zero-order valence-electron chi connectivity index (χ0n) is 8.96. The topological polar surface area (TPSA) is 35.2 Å². The lowest BCUT2D eigenvalue weighted by Gasteiger charge is -2.11. The van der Waals surface area contributed by atoms with Crippen molar-refractivity contribution in [2.24, 2.45) is 5.73 Å². The highest BCUT2D eigenvalue weighted by molar-refractivity contribution is 5.48. The van der Waals surface area contributed by atoms with Crippen LogP contribution in [0.25, 0.3) is 0 Å². The van der Waals surface area contributed by atoms with Crippen LogP contribution >= 0.6 is 0 Å². The molecule has 15 heavy (non-hydrogen) atoms. The number of hydrogen-bond acceptors (Lipinski definition) is 2. The molecule has 0 radical (unpaired) electrons. The fraction of sp³-hybridized carbons (Fsp3) is 0.538. The number of benzene rings is 1. The number of aryl methyl sites for hydroxylation is 1. The van der Waals surface area contributed by atoms with E-state index in [1.807, 2.05) is 0 Å². The highest BCUT2D eigenvalue weighted by atomic mass is 16.5. The maximum Gasteiger partial charge on any atom is 0.122 e. The largest absolute Gasteiger partial charge is 0.493 e. The quantitative estimate of drug-likeness (QED) is 0.798. The Morgan fingerprint density at radius 3 is 3.07 bits per heavy atom. The summed E-state index contributed by atoms with van der Waals surface area (Å²) in [6.45, 7) is 1.65. The Morgan fingerprint density at radius 1 is 1.27 bits per heavy atom. The monoisotopic (exact) mass is 203 g/mol. The van der Waals surface area contributed by atoms with Gasteiger partial charge in [-0.1, -0.05) is 6.07 Å². The van der Waals surface area contributed by atoms with E-state index in [1.54, 1.807) is 0 Å². The normalized spacial score (nSPS) is 22.3. The lowest BCUT2D eigenvalue weighted by molar-refractivity contribution is 0.356. The highest BCUT2D eigenvalue weighted by Crippen LogP contribution is 2.40. The summed E-state index contributed by atoms with van der Waals surface area (Å²) in [5.41, 5.74) is 10.1. The number of hydrogen-bond donors (Lipinski definition) is 1. The molecule has 0 amide bonds. The zero-order chi connectivity index (χ0) is 10.3. The molecule has 1 aliphatic heterocycles. The second kappa shape index (κ2) is 3.53. The first-order valence-corrected chi connectivity index (χ1v) is 5.87. The number of fused-ring (bicyclic) bond motifs is 2. The van der Waals surface area contributed by atoms with Gasteiger partial charge < -0.3 is 10.5 Å². The molecule has 1 atom stereocenters. The first-order valence-electron chi connectivity index (χ1n) is 5.87. The minimum absolute atomic E-state index is 0.680. The van der Waals surface area contributed by atoms with Crippen LogP contribution in [-0.4, -0.2) is 13.2 Å². The van der Waals surface area contributed by atoms with Gasteiger partial charge in [0.25, 0.3) is 0 Å². The van der Waals surface area contributed by atoms with E-state index in [1.165, 1.54) is 29.5 Å². The molecule has 0 saturated carbocycles. The molecule has 2 aliphatic rings. The van der Waals surface area contributed by atoms with Crippen molar-refractivity contribution in [1.29, 1.82) is 0 Å². The van der Waals surface area contributed by atoms with Crippen LogP contribution in [-0.2, 0) is 12.8 Å². The van der Waals surface area contributed by atoms with Gasteiger partial charge in [-0.2, -0.15) is 0 Å². The molecule has 2 N–H and O–H groups in total. The molecular formula is C13H17NO. The van der Waals surface area contributed by atoms with Gasteiger partial charge in [0.1, 0.15) is 5.75 Å². The molecule has 0 aromatic heterocycles. The molecule has 0 saturated heterocycles. The van der Waals surface area contributed by atoms with Crippen molar-refractivity contribution in [2.45, 2.75) is 31.6 Å². The van der Waals surface area contributed by atoms with Crippen molar-refractivity contribution in [3.05, 3.63) is 28.8 Å². The Hall–Kier alpha value is -1.02. The van der Waals surface area contributed by atoms with E-state index in [0.717, 1.165) is 31.7 Å². The summed E-state index contributed by atoms with van der Waals surface area (Å²) in [4.78, 5) is 0. The van der Waals surface area contributed by atoms with Gasteiger partial charge in [-0.05, 0) is 54.5 Å². The first-order chi connectivity index (χ1) is 7.38. The molecule has 3 rings (SSSR count). The molecule has 0 unspecified atom stereocenters. The molecule has 1 aromatic rings. The average molecular weight is 203 g/mol. The Labute approximate surface area is 90.4 Å². The van der Waals surface area contributed by atoms with Crippen molar-refractivity contribution < 1.29 is 4.74 Å². The van der Waals surface area contributed by atoms with Crippen LogP contribution < -0.4 is 10.5 Å². The van der Waals surface area contributed by atoms with E-state index < -0.39 is 0 Å². The molecule has 2 nitrogen and oxygen atoms in total. The second-order valence-electron chi connectivity index (χ2n) is 4.57. The van der Waals surface area contributed by atoms with Crippen LogP contribution in [0.2, 0.25) is 0 Å². The van der Waals surface area contributed by atoms with Gasteiger partial charge in [0.2, 0.25) is 0 Å². The lowest BCUT2D eigenvalue weighted by Crippen LogP contribution is -2.04. The van der Waals surface area contributed by atoms with Gasteiger partial charge in [-0.25, -0.2) is 0 Å². The smallest absolute Gasteiger partial charge is 0.122 e. The van der Waals surface area contributed by atoms with E-state index in [4.69, 9.17) is 10.5 Å². The Bertz CT molecular complexity index is 386. The SMILES string of the molecule is NCC[C@@H]1CCc2cc3c(cc21)OCC3. The van der Waals surface area contributed by atoms with Crippen molar-refractivity contribution in [3.63, 3.8) is 0 Å². The minimum Gasteiger partial charge on any atom is -0.493 e.